The maximum atomic E-state index is 14.1. The Morgan fingerprint density at radius 3 is 2.66 bits per heavy atom. The molecule has 1 aromatic heterocycles. The highest BCUT2D eigenvalue weighted by Gasteiger charge is 2.35. The average Bonchev–Trinajstić information content (AvgIpc) is 3.29. The monoisotopic (exact) mass is 403 g/mol. The zero-order valence-corrected chi connectivity index (χ0v) is 16.9. The van der Waals surface area contributed by atoms with E-state index in [-0.39, 0.29) is 42.9 Å². The van der Waals surface area contributed by atoms with Crippen molar-refractivity contribution >= 4 is 11.8 Å². The van der Waals surface area contributed by atoms with Crippen molar-refractivity contribution in [1.29, 1.82) is 0 Å². The summed E-state index contributed by atoms with van der Waals surface area (Å²) in [5, 5.41) is 7.83. The van der Waals surface area contributed by atoms with Crippen molar-refractivity contribution in [2.24, 2.45) is 0 Å². The topological polar surface area (TPSA) is 80.6 Å². The van der Waals surface area contributed by atoms with Crippen LogP contribution in [0.1, 0.15) is 29.4 Å². The summed E-state index contributed by atoms with van der Waals surface area (Å²) < 4.78 is 21.0. The molecule has 0 N–H and O–H groups in total. The van der Waals surface area contributed by atoms with E-state index in [0.29, 0.717) is 13.2 Å². The summed E-state index contributed by atoms with van der Waals surface area (Å²) in [6, 6.07) is 7.01. The lowest BCUT2D eigenvalue weighted by Gasteiger charge is -2.24. The van der Waals surface area contributed by atoms with E-state index >= 15 is 0 Å². The molecule has 1 aliphatic rings. The second-order valence-electron chi connectivity index (χ2n) is 7.31. The van der Waals surface area contributed by atoms with Gasteiger partial charge in [0, 0.05) is 20.5 Å². The SMILES string of the molecule is CCOc1ccc(CC(=O)N2C[C@@H](F)C[C@H]2Cn2cc(C(=O)N(C)C)nn2)cc1. The van der Waals surface area contributed by atoms with Gasteiger partial charge in [-0.15, -0.1) is 5.10 Å². The number of aromatic nitrogens is 3. The van der Waals surface area contributed by atoms with Gasteiger partial charge < -0.3 is 14.5 Å². The second-order valence-corrected chi connectivity index (χ2v) is 7.31. The molecule has 2 atom stereocenters. The minimum absolute atomic E-state index is 0.0682. The van der Waals surface area contributed by atoms with Crippen molar-refractivity contribution in [2.75, 3.05) is 27.2 Å². The number of halogens is 1. The first kappa shape index (κ1) is 20.8. The Hall–Kier alpha value is -2.97. The van der Waals surface area contributed by atoms with Crippen LogP contribution in [0.4, 0.5) is 4.39 Å². The van der Waals surface area contributed by atoms with Crippen LogP contribution in [0.2, 0.25) is 0 Å². The zero-order valence-electron chi connectivity index (χ0n) is 16.9. The summed E-state index contributed by atoms with van der Waals surface area (Å²) in [5.74, 6) is 0.360. The van der Waals surface area contributed by atoms with E-state index in [1.807, 2.05) is 31.2 Å². The fourth-order valence-corrected chi connectivity index (χ4v) is 3.42. The zero-order chi connectivity index (χ0) is 21.0. The molecule has 2 aromatic rings. The molecule has 0 spiro atoms. The number of benzene rings is 1. The van der Waals surface area contributed by atoms with Crippen LogP contribution in [0.5, 0.6) is 5.75 Å². The van der Waals surface area contributed by atoms with Crippen molar-refractivity contribution in [1.82, 2.24) is 24.8 Å². The van der Waals surface area contributed by atoms with Gasteiger partial charge >= 0.3 is 0 Å². The number of carbonyl (C=O) groups is 2. The van der Waals surface area contributed by atoms with Crippen molar-refractivity contribution in [3.05, 3.63) is 41.7 Å². The molecule has 0 bridgehead atoms. The van der Waals surface area contributed by atoms with Gasteiger partial charge in [0.05, 0.1) is 38.4 Å². The fourth-order valence-electron chi connectivity index (χ4n) is 3.42. The number of likely N-dealkylation sites (tertiary alicyclic amines) is 1. The number of hydrogen-bond donors (Lipinski definition) is 0. The first-order valence-electron chi connectivity index (χ1n) is 9.64. The van der Waals surface area contributed by atoms with Gasteiger partial charge in [-0.2, -0.15) is 0 Å². The Labute approximate surface area is 169 Å². The van der Waals surface area contributed by atoms with Crippen LogP contribution in [0.25, 0.3) is 0 Å². The highest BCUT2D eigenvalue weighted by atomic mass is 19.1. The predicted molar refractivity (Wildman–Crippen MR) is 104 cm³/mol. The number of carbonyl (C=O) groups excluding carboxylic acids is 2. The first-order chi connectivity index (χ1) is 13.9. The highest BCUT2D eigenvalue weighted by Crippen LogP contribution is 2.23. The number of nitrogens with zero attached hydrogens (tertiary/aromatic N) is 5. The number of amides is 2. The van der Waals surface area contributed by atoms with Gasteiger partial charge in [0.25, 0.3) is 5.91 Å². The van der Waals surface area contributed by atoms with Gasteiger partial charge in [0.1, 0.15) is 11.9 Å². The van der Waals surface area contributed by atoms with Crippen molar-refractivity contribution in [3.8, 4) is 5.75 Å². The standard InChI is InChI=1S/C20H26FN5O3/c1-4-29-17-7-5-14(6-8-17)9-19(27)26-11-15(21)10-16(26)12-25-13-18(22-23-25)20(28)24(2)3/h5-8,13,15-16H,4,9-12H2,1-3H3/t15-,16-/m0/s1. The molecule has 2 heterocycles. The van der Waals surface area contributed by atoms with Crippen LogP contribution < -0.4 is 4.74 Å². The Morgan fingerprint density at radius 1 is 1.28 bits per heavy atom. The Balaban J connectivity index is 1.65. The molecule has 1 fully saturated rings. The molecule has 29 heavy (non-hydrogen) atoms. The molecule has 0 unspecified atom stereocenters. The lowest BCUT2D eigenvalue weighted by Crippen LogP contribution is -2.39. The molecule has 1 aromatic carbocycles. The summed E-state index contributed by atoms with van der Waals surface area (Å²) in [5.41, 5.74) is 1.07. The minimum atomic E-state index is -1.07. The fraction of sp³-hybridized carbons (Fsp3) is 0.500. The van der Waals surface area contributed by atoms with Crippen LogP contribution in [0.3, 0.4) is 0 Å². The van der Waals surface area contributed by atoms with Crippen LogP contribution in [0, 0.1) is 0 Å². The van der Waals surface area contributed by atoms with Gasteiger partial charge in [-0.3, -0.25) is 9.59 Å². The quantitative estimate of drug-likeness (QED) is 0.701. The third-order valence-electron chi connectivity index (χ3n) is 4.84. The van der Waals surface area contributed by atoms with E-state index in [1.54, 1.807) is 19.0 Å². The average molecular weight is 403 g/mol. The number of alkyl halides is 1. The third kappa shape index (κ3) is 5.10. The lowest BCUT2D eigenvalue weighted by molar-refractivity contribution is -0.131. The first-order valence-corrected chi connectivity index (χ1v) is 9.64. The van der Waals surface area contributed by atoms with Crippen LogP contribution >= 0.6 is 0 Å². The largest absolute Gasteiger partial charge is 0.494 e. The van der Waals surface area contributed by atoms with Crippen molar-refractivity contribution in [3.63, 3.8) is 0 Å². The molecule has 0 saturated carbocycles. The smallest absolute Gasteiger partial charge is 0.275 e. The second kappa shape index (κ2) is 9.02. The molecule has 9 heteroatoms. The molecular weight excluding hydrogens is 377 g/mol. The van der Waals surface area contributed by atoms with Gasteiger partial charge in [-0.25, -0.2) is 9.07 Å². The van der Waals surface area contributed by atoms with Crippen LogP contribution in [0.15, 0.2) is 30.5 Å². The Kier molecular flexibility index (Phi) is 6.46. The molecule has 1 aliphatic heterocycles. The number of ether oxygens (including phenoxy) is 1. The van der Waals surface area contributed by atoms with Gasteiger partial charge in [0.2, 0.25) is 5.91 Å². The van der Waals surface area contributed by atoms with E-state index in [1.165, 1.54) is 15.8 Å². The van der Waals surface area contributed by atoms with E-state index in [2.05, 4.69) is 10.3 Å². The van der Waals surface area contributed by atoms with E-state index in [0.717, 1.165) is 11.3 Å². The van der Waals surface area contributed by atoms with Gasteiger partial charge in [0.15, 0.2) is 5.69 Å². The van der Waals surface area contributed by atoms with Crippen molar-refractivity contribution in [2.45, 2.75) is 38.5 Å². The number of hydrogen-bond acceptors (Lipinski definition) is 5. The maximum absolute atomic E-state index is 14.1. The molecule has 0 radical (unpaired) electrons. The molecule has 156 valence electrons. The molecular formula is C20H26FN5O3. The molecule has 8 nitrogen and oxygen atoms in total. The minimum Gasteiger partial charge on any atom is -0.494 e. The maximum Gasteiger partial charge on any atom is 0.275 e. The molecule has 2 amide bonds. The summed E-state index contributed by atoms with van der Waals surface area (Å²) in [7, 11) is 3.26. The summed E-state index contributed by atoms with van der Waals surface area (Å²) in [4.78, 5) is 27.7. The van der Waals surface area contributed by atoms with Gasteiger partial charge in [-0.05, 0) is 24.6 Å². The molecule has 0 aliphatic carbocycles. The van der Waals surface area contributed by atoms with E-state index < -0.39 is 6.17 Å². The predicted octanol–water partition coefficient (Wildman–Crippen LogP) is 1.56. The van der Waals surface area contributed by atoms with E-state index in [9.17, 15) is 14.0 Å². The summed E-state index contributed by atoms with van der Waals surface area (Å²) >= 11 is 0. The normalized spacial score (nSPS) is 18.7. The Bertz CT molecular complexity index is 852. The van der Waals surface area contributed by atoms with Crippen molar-refractivity contribution < 1.29 is 18.7 Å². The third-order valence-corrected chi connectivity index (χ3v) is 4.84. The Morgan fingerprint density at radius 2 is 2.00 bits per heavy atom. The van der Waals surface area contributed by atoms with Gasteiger partial charge in [-0.1, -0.05) is 17.3 Å². The summed E-state index contributed by atoms with van der Waals surface area (Å²) in [6.45, 7) is 2.85. The van der Waals surface area contributed by atoms with Crippen LogP contribution in [-0.4, -0.2) is 76.1 Å². The van der Waals surface area contributed by atoms with Crippen LogP contribution in [-0.2, 0) is 17.8 Å². The molecule has 3 rings (SSSR count). The lowest BCUT2D eigenvalue weighted by atomic mass is 10.1. The highest BCUT2D eigenvalue weighted by molar-refractivity contribution is 5.91. The van der Waals surface area contributed by atoms with E-state index in [4.69, 9.17) is 4.74 Å². The summed E-state index contributed by atoms with van der Waals surface area (Å²) in [6.07, 6.45) is 0.891. The molecule has 1 saturated heterocycles. The number of rotatable bonds is 7.